The van der Waals surface area contributed by atoms with Crippen molar-refractivity contribution in [1.82, 2.24) is 0 Å². The average molecular weight is 124 g/mol. The third-order valence-corrected chi connectivity index (χ3v) is 1.73. The summed E-state index contributed by atoms with van der Waals surface area (Å²) in [5.74, 6) is 0.291. The molecule has 0 spiro atoms. The van der Waals surface area contributed by atoms with Crippen molar-refractivity contribution in [3.63, 3.8) is 0 Å². The molecule has 50 valence electrons. The maximum atomic E-state index is 8.77. The summed E-state index contributed by atoms with van der Waals surface area (Å²) >= 11 is 0. The van der Waals surface area contributed by atoms with Crippen LogP contribution in [0.4, 0.5) is 0 Å². The SMILES string of the molecule is CC1=CCC=CC1CO. The molecule has 1 atom stereocenters. The van der Waals surface area contributed by atoms with Crippen molar-refractivity contribution < 1.29 is 5.11 Å². The second-order valence-electron chi connectivity index (χ2n) is 2.40. The van der Waals surface area contributed by atoms with Crippen molar-refractivity contribution in [3.8, 4) is 0 Å². The van der Waals surface area contributed by atoms with Crippen molar-refractivity contribution >= 4 is 0 Å². The number of hydrogen-bond donors (Lipinski definition) is 1. The van der Waals surface area contributed by atoms with Gasteiger partial charge in [0.2, 0.25) is 0 Å². The van der Waals surface area contributed by atoms with Gasteiger partial charge in [0.05, 0.1) is 6.61 Å². The van der Waals surface area contributed by atoms with Crippen LogP contribution in [0.1, 0.15) is 13.3 Å². The Morgan fingerprint density at radius 2 is 2.56 bits per heavy atom. The summed E-state index contributed by atoms with van der Waals surface area (Å²) in [6.45, 7) is 2.31. The molecule has 0 amide bonds. The molecule has 0 fully saturated rings. The summed E-state index contributed by atoms with van der Waals surface area (Å²) in [5, 5.41) is 8.77. The molecule has 9 heavy (non-hydrogen) atoms. The lowest BCUT2D eigenvalue weighted by molar-refractivity contribution is 0.268. The molecule has 0 aromatic heterocycles. The Balaban J connectivity index is 2.59. The van der Waals surface area contributed by atoms with Gasteiger partial charge >= 0.3 is 0 Å². The Hall–Kier alpha value is -0.560. The number of aliphatic hydroxyl groups excluding tert-OH is 1. The van der Waals surface area contributed by atoms with Gasteiger partial charge < -0.3 is 5.11 Å². The standard InChI is InChI=1S/C8H12O/c1-7-4-2-3-5-8(7)6-9/h3-5,8-9H,2,6H2,1H3. The van der Waals surface area contributed by atoms with E-state index in [1.807, 2.05) is 0 Å². The van der Waals surface area contributed by atoms with Crippen molar-refractivity contribution in [3.05, 3.63) is 23.8 Å². The molecule has 0 bridgehead atoms. The quantitative estimate of drug-likeness (QED) is 0.525. The van der Waals surface area contributed by atoms with Gasteiger partial charge in [-0.25, -0.2) is 0 Å². The van der Waals surface area contributed by atoms with Crippen molar-refractivity contribution in [2.24, 2.45) is 5.92 Å². The van der Waals surface area contributed by atoms with Gasteiger partial charge in [0.1, 0.15) is 0 Å². The molecule has 1 heteroatoms. The maximum absolute atomic E-state index is 8.77. The van der Waals surface area contributed by atoms with Crippen LogP contribution in [0.15, 0.2) is 23.8 Å². The average Bonchev–Trinajstić information content (AvgIpc) is 1.89. The van der Waals surface area contributed by atoms with Crippen molar-refractivity contribution in [2.45, 2.75) is 13.3 Å². The Labute approximate surface area is 55.7 Å². The summed E-state index contributed by atoms with van der Waals surface area (Å²) in [5.41, 5.74) is 1.29. The molecule has 1 N–H and O–H groups in total. The minimum Gasteiger partial charge on any atom is -0.395 e. The summed E-state index contributed by atoms with van der Waals surface area (Å²) in [4.78, 5) is 0. The van der Waals surface area contributed by atoms with Crippen LogP contribution in [0.25, 0.3) is 0 Å². The van der Waals surface area contributed by atoms with Gasteiger partial charge in [0, 0.05) is 5.92 Å². The summed E-state index contributed by atoms with van der Waals surface area (Å²) in [6.07, 6.45) is 7.34. The monoisotopic (exact) mass is 124 g/mol. The molecule has 1 aliphatic carbocycles. The van der Waals surface area contributed by atoms with E-state index in [1.54, 1.807) is 0 Å². The highest BCUT2D eigenvalue weighted by Crippen LogP contribution is 2.16. The fourth-order valence-electron chi connectivity index (χ4n) is 1.00. The van der Waals surface area contributed by atoms with E-state index in [4.69, 9.17) is 5.11 Å². The molecule has 1 nitrogen and oxygen atoms in total. The Kier molecular flexibility index (Phi) is 2.06. The minimum atomic E-state index is 0.249. The smallest absolute Gasteiger partial charge is 0.0531 e. The van der Waals surface area contributed by atoms with E-state index in [0.29, 0.717) is 5.92 Å². The normalized spacial score (nSPS) is 26.0. The van der Waals surface area contributed by atoms with E-state index in [1.165, 1.54) is 5.57 Å². The van der Waals surface area contributed by atoms with Crippen molar-refractivity contribution in [1.29, 1.82) is 0 Å². The highest BCUT2D eigenvalue weighted by Gasteiger charge is 2.06. The van der Waals surface area contributed by atoms with Crippen molar-refractivity contribution in [2.75, 3.05) is 6.61 Å². The van der Waals surface area contributed by atoms with Crippen LogP contribution in [-0.4, -0.2) is 11.7 Å². The zero-order valence-electron chi connectivity index (χ0n) is 5.67. The van der Waals surface area contributed by atoms with Crippen LogP contribution >= 0.6 is 0 Å². The van der Waals surface area contributed by atoms with E-state index < -0.39 is 0 Å². The van der Waals surface area contributed by atoms with Gasteiger partial charge in [0.25, 0.3) is 0 Å². The number of rotatable bonds is 1. The van der Waals surface area contributed by atoms with Crippen LogP contribution < -0.4 is 0 Å². The molecule has 0 aromatic carbocycles. The van der Waals surface area contributed by atoms with Crippen LogP contribution in [0, 0.1) is 5.92 Å². The third-order valence-electron chi connectivity index (χ3n) is 1.73. The first kappa shape index (κ1) is 6.56. The highest BCUT2D eigenvalue weighted by atomic mass is 16.3. The summed E-state index contributed by atoms with van der Waals surface area (Å²) < 4.78 is 0. The van der Waals surface area contributed by atoms with Crippen LogP contribution in [0.2, 0.25) is 0 Å². The Bertz CT molecular complexity index is 145. The molecule has 0 heterocycles. The van der Waals surface area contributed by atoms with Gasteiger partial charge in [-0.15, -0.1) is 0 Å². The molecule has 1 rings (SSSR count). The molecule has 0 saturated heterocycles. The lowest BCUT2D eigenvalue weighted by atomic mass is 9.96. The predicted octanol–water partition coefficient (Wildman–Crippen LogP) is 1.50. The molecule has 0 radical (unpaired) electrons. The summed E-state index contributed by atoms with van der Waals surface area (Å²) in [7, 11) is 0. The maximum Gasteiger partial charge on any atom is 0.0531 e. The minimum absolute atomic E-state index is 0.249. The Morgan fingerprint density at radius 3 is 3.00 bits per heavy atom. The van der Waals surface area contributed by atoms with Gasteiger partial charge in [0.15, 0.2) is 0 Å². The summed E-state index contributed by atoms with van der Waals surface area (Å²) in [6, 6.07) is 0. The topological polar surface area (TPSA) is 20.2 Å². The molecule has 0 aromatic rings. The second-order valence-corrected chi connectivity index (χ2v) is 2.40. The number of aliphatic hydroxyl groups is 1. The first-order valence-electron chi connectivity index (χ1n) is 3.28. The second kappa shape index (κ2) is 2.83. The number of hydrogen-bond acceptors (Lipinski definition) is 1. The van der Waals surface area contributed by atoms with E-state index in [2.05, 4.69) is 25.2 Å². The largest absolute Gasteiger partial charge is 0.395 e. The highest BCUT2D eigenvalue weighted by molar-refractivity contribution is 5.17. The fourth-order valence-corrected chi connectivity index (χ4v) is 1.00. The van der Waals surface area contributed by atoms with E-state index in [9.17, 15) is 0 Å². The molecular weight excluding hydrogens is 112 g/mol. The zero-order chi connectivity index (χ0) is 6.69. The van der Waals surface area contributed by atoms with Gasteiger partial charge in [-0.05, 0) is 13.3 Å². The van der Waals surface area contributed by atoms with E-state index in [0.717, 1.165) is 6.42 Å². The zero-order valence-corrected chi connectivity index (χ0v) is 5.67. The lowest BCUT2D eigenvalue weighted by Gasteiger charge is -2.12. The Morgan fingerprint density at radius 1 is 1.78 bits per heavy atom. The van der Waals surface area contributed by atoms with Crippen LogP contribution in [0.5, 0.6) is 0 Å². The molecule has 0 saturated carbocycles. The fraction of sp³-hybridized carbons (Fsp3) is 0.500. The first-order chi connectivity index (χ1) is 4.34. The number of allylic oxidation sites excluding steroid dienone is 2. The molecule has 1 unspecified atom stereocenters. The van der Waals surface area contributed by atoms with Gasteiger partial charge in [-0.3, -0.25) is 0 Å². The molecule has 1 aliphatic rings. The van der Waals surface area contributed by atoms with Crippen LogP contribution in [-0.2, 0) is 0 Å². The predicted molar refractivity (Wildman–Crippen MR) is 38.1 cm³/mol. The molecule has 0 aliphatic heterocycles. The molecular formula is C8H12O. The van der Waals surface area contributed by atoms with E-state index in [-0.39, 0.29) is 6.61 Å². The third kappa shape index (κ3) is 1.42. The lowest BCUT2D eigenvalue weighted by Crippen LogP contribution is -2.05. The van der Waals surface area contributed by atoms with E-state index >= 15 is 0 Å². The van der Waals surface area contributed by atoms with Gasteiger partial charge in [-0.2, -0.15) is 0 Å². The first-order valence-corrected chi connectivity index (χ1v) is 3.28. The van der Waals surface area contributed by atoms with Crippen LogP contribution in [0.3, 0.4) is 0 Å². The van der Waals surface area contributed by atoms with Gasteiger partial charge in [-0.1, -0.05) is 23.8 Å².